The van der Waals surface area contributed by atoms with Crippen LogP contribution in [-0.2, 0) is 11.8 Å². The predicted octanol–water partition coefficient (Wildman–Crippen LogP) is 2.36. The third-order valence-corrected chi connectivity index (χ3v) is 4.90. The molecule has 33 heavy (non-hydrogen) atoms. The average Bonchev–Trinajstić information content (AvgIpc) is 2.83. The number of carbonyl (C=O) groups excluding carboxylic acids is 1. The molecule has 0 aliphatic heterocycles. The van der Waals surface area contributed by atoms with Gasteiger partial charge >= 0.3 is 5.69 Å². The number of hydrogen-bond donors (Lipinski definition) is 2. The summed E-state index contributed by atoms with van der Waals surface area (Å²) in [5.74, 6) is 0.355. The van der Waals surface area contributed by atoms with Crippen molar-refractivity contribution in [1.29, 1.82) is 0 Å². The zero-order chi connectivity index (χ0) is 23.5. The summed E-state index contributed by atoms with van der Waals surface area (Å²) in [6, 6.07) is 13.8. The number of rotatable bonds is 6. The number of carbonyl (C=O) groups is 1. The normalized spacial score (nSPS) is 10.6. The van der Waals surface area contributed by atoms with E-state index < -0.39 is 17.2 Å². The first-order valence-corrected chi connectivity index (χ1v) is 9.85. The lowest BCUT2D eigenvalue weighted by Crippen LogP contribution is -2.38. The summed E-state index contributed by atoms with van der Waals surface area (Å²) >= 11 is 0. The molecule has 2 N–H and O–H groups in total. The van der Waals surface area contributed by atoms with E-state index in [2.05, 4.69) is 27.2 Å². The number of methoxy groups -OCH3 is 1. The zero-order valence-electron chi connectivity index (χ0n) is 17.9. The Morgan fingerprint density at radius 1 is 1.15 bits per heavy atom. The predicted molar refractivity (Wildman–Crippen MR) is 125 cm³/mol. The van der Waals surface area contributed by atoms with Gasteiger partial charge < -0.3 is 15.4 Å². The first-order valence-electron chi connectivity index (χ1n) is 9.85. The van der Waals surface area contributed by atoms with Crippen LogP contribution in [0.4, 0.5) is 17.3 Å². The Labute approximate surface area is 187 Å². The van der Waals surface area contributed by atoms with Crippen LogP contribution in [0.1, 0.15) is 0 Å². The molecule has 2 heterocycles. The van der Waals surface area contributed by atoms with Crippen molar-refractivity contribution in [1.82, 2.24) is 19.1 Å². The maximum absolute atomic E-state index is 13.1. The lowest BCUT2D eigenvalue weighted by molar-refractivity contribution is -0.111. The van der Waals surface area contributed by atoms with Crippen LogP contribution in [0.3, 0.4) is 0 Å². The molecule has 0 unspecified atom stereocenters. The first-order chi connectivity index (χ1) is 15.9. The van der Waals surface area contributed by atoms with E-state index in [4.69, 9.17) is 4.74 Å². The number of aromatic nitrogens is 4. The molecular formula is C23H20N6O4. The van der Waals surface area contributed by atoms with Gasteiger partial charge in [-0.05, 0) is 36.4 Å². The Kier molecular flexibility index (Phi) is 5.73. The molecule has 0 bridgehead atoms. The molecule has 2 aromatic carbocycles. The fourth-order valence-corrected chi connectivity index (χ4v) is 3.28. The van der Waals surface area contributed by atoms with Crippen LogP contribution in [0.15, 0.2) is 77.0 Å². The molecule has 0 saturated heterocycles. The van der Waals surface area contributed by atoms with E-state index in [1.54, 1.807) is 43.5 Å². The molecule has 4 aromatic rings. The Bertz CT molecular complexity index is 1510. The van der Waals surface area contributed by atoms with E-state index in [0.717, 1.165) is 10.6 Å². The van der Waals surface area contributed by atoms with Crippen LogP contribution in [0.25, 0.3) is 16.7 Å². The van der Waals surface area contributed by atoms with Crippen LogP contribution >= 0.6 is 0 Å². The van der Waals surface area contributed by atoms with Gasteiger partial charge in [0.25, 0.3) is 5.56 Å². The molecule has 1 amide bonds. The van der Waals surface area contributed by atoms with Crippen molar-refractivity contribution in [3.63, 3.8) is 0 Å². The number of fused-ring (bicyclic) bond motifs is 1. The van der Waals surface area contributed by atoms with Crippen LogP contribution < -0.4 is 26.6 Å². The van der Waals surface area contributed by atoms with E-state index in [1.807, 2.05) is 12.1 Å². The third kappa shape index (κ3) is 4.09. The van der Waals surface area contributed by atoms with Gasteiger partial charge in [-0.15, -0.1) is 0 Å². The first kappa shape index (κ1) is 21.5. The molecule has 10 heteroatoms. The van der Waals surface area contributed by atoms with Crippen LogP contribution in [0.5, 0.6) is 5.75 Å². The van der Waals surface area contributed by atoms with Gasteiger partial charge in [0.1, 0.15) is 11.1 Å². The summed E-state index contributed by atoms with van der Waals surface area (Å²) in [6.45, 7) is 3.43. The Morgan fingerprint density at radius 2 is 1.94 bits per heavy atom. The van der Waals surface area contributed by atoms with Crippen molar-refractivity contribution in [3.8, 4) is 11.4 Å². The van der Waals surface area contributed by atoms with Gasteiger partial charge in [0.2, 0.25) is 11.9 Å². The summed E-state index contributed by atoms with van der Waals surface area (Å²) in [6.07, 6.45) is 2.51. The van der Waals surface area contributed by atoms with Crippen molar-refractivity contribution in [3.05, 3.63) is 88.2 Å². The maximum Gasteiger partial charge on any atom is 0.337 e. The molecule has 2 aromatic heterocycles. The fraction of sp³-hybridized carbons (Fsp3) is 0.0870. The smallest absolute Gasteiger partial charge is 0.337 e. The SMILES string of the molecule is C=CC(=O)Nc1cccc(-n2c(=O)n(C)c(=O)c3cnc(Nc4ccccc4OC)nc32)c1. The van der Waals surface area contributed by atoms with Gasteiger partial charge in [-0.25, -0.2) is 14.3 Å². The minimum absolute atomic E-state index is 0.114. The Hall–Kier alpha value is -4.73. The number of para-hydroxylation sites is 2. The molecule has 0 spiro atoms. The molecule has 0 aliphatic carbocycles. The molecule has 0 saturated carbocycles. The standard InChI is InChI=1S/C23H20N6O4/c1-4-19(30)25-14-8-7-9-15(12-14)29-20-16(21(31)28(2)23(29)32)13-24-22(27-20)26-17-10-5-6-11-18(17)33-3/h4-13H,1H2,2-3H3,(H,25,30)(H,24,26,27). The molecular weight excluding hydrogens is 424 g/mol. The lowest BCUT2D eigenvalue weighted by atomic mass is 10.2. The highest BCUT2D eigenvalue weighted by molar-refractivity contribution is 5.99. The van der Waals surface area contributed by atoms with E-state index >= 15 is 0 Å². The molecule has 166 valence electrons. The zero-order valence-corrected chi connectivity index (χ0v) is 17.9. The van der Waals surface area contributed by atoms with Gasteiger partial charge in [0.15, 0.2) is 5.65 Å². The lowest BCUT2D eigenvalue weighted by Gasteiger charge is -2.14. The highest BCUT2D eigenvalue weighted by Gasteiger charge is 2.16. The highest BCUT2D eigenvalue weighted by Crippen LogP contribution is 2.26. The topological polar surface area (TPSA) is 120 Å². The summed E-state index contributed by atoms with van der Waals surface area (Å²) in [5.41, 5.74) is 0.471. The number of nitrogens with zero attached hydrogens (tertiary/aromatic N) is 4. The Morgan fingerprint density at radius 3 is 2.70 bits per heavy atom. The van der Waals surface area contributed by atoms with Gasteiger partial charge in [-0.2, -0.15) is 4.98 Å². The van der Waals surface area contributed by atoms with Gasteiger partial charge in [-0.3, -0.25) is 14.2 Å². The Balaban J connectivity index is 1.90. The maximum atomic E-state index is 13.1. The quantitative estimate of drug-likeness (QED) is 0.438. The summed E-state index contributed by atoms with van der Waals surface area (Å²) in [5, 5.41) is 5.86. The number of ether oxygens (including phenoxy) is 1. The van der Waals surface area contributed by atoms with Crippen molar-refractivity contribution in [2.24, 2.45) is 7.05 Å². The molecule has 10 nitrogen and oxygen atoms in total. The van der Waals surface area contributed by atoms with Crippen LogP contribution in [0.2, 0.25) is 0 Å². The number of anilines is 3. The van der Waals surface area contributed by atoms with Crippen molar-refractivity contribution < 1.29 is 9.53 Å². The minimum atomic E-state index is -0.596. The number of nitrogens with one attached hydrogen (secondary N) is 2. The van der Waals surface area contributed by atoms with Crippen molar-refractivity contribution >= 4 is 34.3 Å². The van der Waals surface area contributed by atoms with Crippen molar-refractivity contribution in [2.45, 2.75) is 0 Å². The summed E-state index contributed by atoms with van der Waals surface area (Å²) in [7, 11) is 2.92. The minimum Gasteiger partial charge on any atom is -0.495 e. The van der Waals surface area contributed by atoms with Gasteiger partial charge in [0, 0.05) is 18.9 Å². The van der Waals surface area contributed by atoms with E-state index in [9.17, 15) is 14.4 Å². The van der Waals surface area contributed by atoms with Gasteiger partial charge in [0.05, 0.1) is 18.5 Å². The van der Waals surface area contributed by atoms with E-state index in [-0.39, 0.29) is 17.0 Å². The van der Waals surface area contributed by atoms with Gasteiger partial charge in [-0.1, -0.05) is 24.8 Å². The molecule has 0 fully saturated rings. The molecule has 4 rings (SSSR count). The van der Waals surface area contributed by atoms with E-state index in [1.165, 1.54) is 17.8 Å². The fourth-order valence-electron chi connectivity index (χ4n) is 3.28. The van der Waals surface area contributed by atoms with Crippen LogP contribution in [-0.4, -0.2) is 32.1 Å². The number of hydrogen-bond acceptors (Lipinski definition) is 7. The number of benzene rings is 2. The average molecular weight is 444 g/mol. The number of amides is 1. The third-order valence-electron chi connectivity index (χ3n) is 4.90. The largest absolute Gasteiger partial charge is 0.495 e. The molecule has 0 radical (unpaired) electrons. The van der Waals surface area contributed by atoms with Crippen molar-refractivity contribution in [2.75, 3.05) is 17.7 Å². The highest BCUT2D eigenvalue weighted by atomic mass is 16.5. The second-order valence-corrected chi connectivity index (χ2v) is 6.98. The van der Waals surface area contributed by atoms with Crippen LogP contribution in [0, 0.1) is 0 Å². The molecule has 0 aliphatic rings. The van der Waals surface area contributed by atoms with E-state index in [0.29, 0.717) is 22.8 Å². The second kappa shape index (κ2) is 8.79. The molecule has 0 atom stereocenters. The second-order valence-electron chi connectivity index (χ2n) is 6.98. The summed E-state index contributed by atoms with van der Waals surface area (Å²) < 4.78 is 7.61. The monoisotopic (exact) mass is 444 g/mol. The summed E-state index contributed by atoms with van der Waals surface area (Å²) in [4.78, 5) is 46.2.